The summed E-state index contributed by atoms with van der Waals surface area (Å²) in [5, 5.41) is 79.4. The van der Waals surface area contributed by atoms with Crippen LogP contribution in [0.25, 0.3) is 21.9 Å². The molecule has 11 nitrogen and oxygen atoms in total. The monoisotopic (exact) mass is 422 g/mol. The van der Waals surface area contributed by atoms with Crippen molar-refractivity contribution in [2.75, 3.05) is 6.61 Å². The first-order chi connectivity index (χ1) is 14.1. The van der Waals surface area contributed by atoms with Crippen LogP contribution in [0.15, 0.2) is 27.4 Å². The number of fused-ring (bicyclic) bond motifs is 2. The molecule has 1 aromatic heterocycles. The van der Waals surface area contributed by atoms with Gasteiger partial charge in [0.05, 0.1) is 17.6 Å². The normalized spacial score (nSPS) is 27.0. The Labute approximate surface area is 166 Å². The Morgan fingerprint density at radius 2 is 1.47 bits per heavy atom. The van der Waals surface area contributed by atoms with Crippen LogP contribution in [0.3, 0.4) is 0 Å². The van der Waals surface area contributed by atoms with Crippen LogP contribution in [-0.2, 0) is 4.74 Å². The summed E-state index contributed by atoms with van der Waals surface area (Å²) in [6, 6.07) is 2.90. The van der Waals surface area contributed by atoms with E-state index in [0.29, 0.717) is 0 Å². The predicted octanol–water partition coefficient (Wildman–Crippen LogP) is -0.717. The van der Waals surface area contributed by atoms with Crippen molar-refractivity contribution in [3.8, 4) is 23.0 Å². The first kappa shape index (κ1) is 20.2. The molecular weight excluding hydrogens is 404 g/mol. The molecule has 30 heavy (non-hydrogen) atoms. The number of hydrogen-bond acceptors (Lipinski definition) is 11. The summed E-state index contributed by atoms with van der Waals surface area (Å²) in [5.41, 5.74) is -1.66. The summed E-state index contributed by atoms with van der Waals surface area (Å²) in [7, 11) is 0. The van der Waals surface area contributed by atoms with Gasteiger partial charge in [0.2, 0.25) is 5.43 Å². The molecule has 0 bridgehead atoms. The molecule has 1 fully saturated rings. The Hall–Kier alpha value is -3.09. The van der Waals surface area contributed by atoms with Crippen LogP contribution in [-0.4, -0.2) is 71.9 Å². The highest BCUT2D eigenvalue weighted by Crippen LogP contribution is 2.45. The second-order valence-electron chi connectivity index (χ2n) is 7.05. The fourth-order valence-electron chi connectivity index (χ4n) is 3.64. The van der Waals surface area contributed by atoms with E-state index >= 15 is 0 Å². The number of aromatic hydroxyl groups is 4. The molecule has 1 aliphatic heterocycles. The van der Waals surface area contributed by atoms with Gasteiger partial charge in [-0.3, -0.25) is 4.79 Å². The highest BCUT2D eigenvalue weighted by molar-refractivity contribution is 5.96. The molecule has 1 saturated heterocycles. The third-order valence-electron chi connectivity index (χ3n) is 5.23. The number of phenols is 4. The van der Waals surface area contributed by atoms with E-state index in [9.17, 15) is 45.6 Å². The molecule has 0 radical (unpaired) electrons. The van der Waals surface area contributed by atoms with Crippen molar-refractivity contribution >= 4 is 21.9 Å². The topological polar surface area (TPSA) is 201 Å². The van der Waals surface area contributed by atoms with Crippen molar-refractivity contribution in [3.63, 3.8) is 0 Å². The lowest BCUT2D eigenvalue weighted by atomic mass is 9.89. The van der Waals surface area contributed by atoms with Crippen LogP contribution in [0.2, 0.25) is 0 Å². The molecule has 0 saturated carbocycles. The van der Waals surface area contributed by atoms with E-state index in [1.165, 1.54) is 0 Å². The van der Waals surface area contributed by atoms with Gasteiger partial charge in [-0.1, -0.05) is 0 Å². The minimum Gasteiger partial charge on any atom is -0.507 e. The highest BCUT2D eigenvalue weighted by atomic mass is 16.5. The van der Waals surface area contributed by atoms with Crippen LogP contribution < -0.4 is 5.43 Å². The fourth-order valence-corrected chi connectivity index (χ4v) is 3.64. The van der Waals surface area contributed by atoms with E-state index < -0.39 is 76.5 Å². The fraction of sp³-hybridized carbons (Fsp3) is 0.316. The molecule has 0 unspecified atom stereocenters. The van der Waals surface area contributed by atoms with Gasteiger partial charge < -0.3 is 50.0 Å². The van der Waals surface area contributed by atoms with Gasteiger partial charge in [-0.15, -0.1) is 0 Å². The molecule has 4 rings (SSSR count). The van der Waals surface area contributed by atoms with Gasteiger partial charge in [0, 0.05) is 12.1 Å². The second-order valence-corrected chi connectivity index (χ2v) is 7.05. The van der Waals surface area contributed by atoms with E-state index in [1.54, 1.807) is 0 Å². The molecule has 3 aromatic rings. The maximum absolute atomic E-state index is 12.9. The number of aliphatic hydroxyl groups is 4. The van der Waals surface area contributed by atoms with Gasteiger partial charge in [-0.25, -0.2) is 0 Å². The largest absolute Gasteiger partial charge is 0.507 e. The maximum Gasteiger partial charge on any atom is 0.204 e. The summed E-state index contributed by atoms with van der Waals surface area (Å²) < 4.78 is 10.8. The van der Waals surface area contributed by atoms with E-state index in [0.717, 1.165) is 18.2 Å². The average molecular weight is 422 g/mol. The zero-order valence-corrected chi connectivity index (χ0v) is 15.1. The first-order valence-corrected chi connectivity index (χ1v) is 8.83. The lowest BCUT2D eigenvalue weighted by molar-refractivity contribution is -0.232. The Kier molecular flexibility index (Phi) is 4.71. The number of hydrogen-bond donors (Lipinski definition) is 8. The van der Waals surface area contributed by atoms with Crippen molar-refractivity contribution < 1.29 is 50.0 Å². The van der Waals surface area contributed by atoms with E-state index in [1.807, 2.05) is 0 Å². The van der Waals surface area contributed by atoms with Crippen molar-refractivity contribution in [2.24, 2.45) is 0 Å². The van der Waals surface area contributed by atoms with Crippen molar-refractivity contribution in [1.29, 1.82) is 0 Å². The van der Waals surface area contributed by atoms with Gasteiger partial charge >= 0.3 is 0 Å². The SMILES string of the molecule is O=c1c2cc(O)c(O)cc2oc2cc(O)c([C@@H]3O[C@H](CO)[C@H](O)[C@H](O)[C@@H]3O)c(O)c12. The van der Waals surface area contributed by atoms with Crippen molar-refractivity contribution in [3.05, 3.63) is 34.0 Å². The predicted molar refractivity (Wildman–Crippen MR) is 99.4 cm³/mol. The number of phenolic OH excluding ortho intramolecular Hbond substituents is 4. The summed E-state index contributed by atoms with van der Waals surface area (Å²) in [6.07, 6.45) is -8.16. The van der Waals surface area contributed by atoms with Gasteiger partial charge in [0.1, 0.15) is 58.6 Å². The molecule has 2 heterocycles. The molecular formula is C19H18O11. The quantitative estimate of drug-likeness (QED) is 0.191. The van der Waals surface area contributed by atoms with E-state index in [4.69, 9.17) is 9.15 Å². The van der Waals surface area contributed by atoms with Gasteiger partial charge in [-0.2, -0.15) is 0 Å². The number of ether oxygens (including phenoxy) is 1. The highest BCUT2D eigenvalue weighted by Gasteiger charge is 2.46. The molecule has 11 heteroatoms. The summed E-state index contributed by atoms with van der Waals surface area (Å²) in [5.74, 6) is -2.62. The van der Waals surface area contributed by atoms with Crippen molar-refractivity contribution in [1.82, 2.24) is 0 Å². The zero-order chi connectivity index (χ0) is 21.9. The van der Waals surface area contributed by atoms with Crippen LogP contribution in [0.5, 0.6) is 23.0 Å². The Bertz CT molecular complexity index is 1200. The minimum atomic E-state index is -1.81. The number of benzene rings is 2. The average Bonchev–Trinajstić information content (AvgIpc) is 2.69. The summed E-state index contributed by atoms with van der Waals surface area (Å²) >= 11 is 0. The molecule has 0 spiro atoms. The van der Waals surface area contributed by atoms with Crippen LogP contribution in [0, 0.1) is 0 Å². The number of rotatable bonds is 2. The summed E-state index contributed by atoms with van der Waals surface area (Å²) in [6.45, 7) is -0.730. The standard InChI is InChI=1S/C19H18O11/c20-4-11-15(25)17(27)18(28)19(30-11)12-8(23)3-10-13(16(12)26)14(24)5-1-6(21)7(22)2-9(5)29-10/h1-3,11,15,17-23,25-28H,4H2/t11-,15+,17+,18+,19+/m1/s1. The smallest absolute Gasteiger partial charge is 0.204 e. The Morgan fingerprint density at radius 1 is 0.833 bits per heavy atom. The van der Waals surface area contributed by atoms with Gasteiger partial charge in [0.25, 0.3) is 0 Å². The second kappa shape index (κ2) is 7.00. The molecule has 8 N–H and O–H groups in total. The first-order valence-electron chi connectivity index (χ1n) is 8.83. The molecule has 1 aliphatic rings. The van der Waals surface area contributed by atoms with Gasteiger partial charge in [-0.05, 0) is 6.07 Å². The Morgan fingerprint density at radius 3 is 2.13 bits per heavy atom. The van der Waals surface area contributed by atoms with Crippen LogP contribution in [0.1, 0.15) is 11.7 Å². The molecule has 5 atom stereocenters. The lowest BCUT2D eigenvalue weighted by Gasteiger charge is -2.40. The third-order valence-corrected chi connectivity index (χ3v) is 5.23. The molecule has 0 aliphatic carbocycles. The maximum atomic E-state index is 12.9. The minimum absolute atomic E-state index is 0.123. The molecule has 0 amide bonds. The third kappa shape index (κ3) is 2.83. The molecule has 160 valence electrons. The zero-order valence-electron chi connectivity index (χ0n) is 15.1. The Balaban J connectivity index is 1.98. The van der Waals surface area contributed by atoms with Crippen LogP contribution >= 0.6 is 0 Å². The lowest BCUT2D eigenvalue weighted by Crippen LogP contribution is -2.55. The van der Waals surface area contributed by atoms with E-state index in [-0.39, 0.29) is 16.6 Å². The number of aliphatic hydroxyl groups excluding tert-OH is 4. The van der Waals surface area contributed by atoms with Gasteiger partial charge in [0.15, 0.2) is 11.5 Å². The van der Waals surface area contributed by atoms with E-state index in [2.05, 4.69) is 0 Å². The van der Waals surface area contributed by atoms with Crippen LogP contribution in [0.4, 0.5) is 0 Å². The van der Waals surface area contributed by atoms with Crippen molar-refractivity contribution in [2.45, 2.75) is 30.5 Å². The molecule has 2 aromatic carbocycles. The summed E-state index contributed by atoms with van der Waals surface area (Å²) in [4.78, 5) is 12.9.